The molecule has 1 aromatic rings. The molecule has 7 heteroatoms. The van der Waals surface area contributed by atoms with E-state index in [2.05, 4.69) is 8.49 Å². The zero-order valence-electron chi connectivity index (χ0n) is 11.7. The minimum atomic E-state index is -3.89. The van der Waals surface area contributed by atoms with Gasteiger partial charge in [0.05, 0.1) is 9.73 Å². The van der Waals surface area contributed by atoms with Crippen LogP contribution in [0.2, 0.25) is 0 Å². The fourth-order valence-corrected chi connectivity index (χ4v) is 5.20. The molecule has 0 saturated heterocycles. The van der Waals surface area contributed by atoms with Crippen LogP contribution in [0.25, 0.3) is 0 Å². The summed E-state index contributed by atoms with van der Waals surface area (Å²) >= 11 is 0. The summed E-state index contributed by atoms with van der Waals surface area (Å²) in [5, 5.41) is 0. The van der Waals surface area contributed by atoms with Gasteiger partial charge in [0, 0.05) is 18.1 Å². The predicted octanol–water partition coefficient (Wildman–Crippen LogP) is 2.02. The van der Waals surface area contributed by atoms with Crippen LogP contribution in [0, 0.1) is 0 Å². The molecular weight excluding hydrogens is 296 g/mol. The van der Waals surface area contributed by atoms with Gasteiger partial charge in [0.2, 0.25) is 0 Å². The standard InChI is InChI=1S/C13H20N2O3S2/c1-3-19(2,16)15-20(17,18)14-13-10-6-8-11-7-4-5-9-12(11)13/h4-5,7,9,13-14H,3,6,8,10H2,1-2H3/t13-,19+/m0/s1. The first-order valence-electron chi connectivity index (χ1n) is 6.64. The fourth-order valence-electron chi connectivity index (χ4n) is 2.34. The van der Waals surface area contributed by atoms with Gasteiger partial charge in [-0.3, -0.25) is 0 Å². The number of hydrogen-bond donors (Lipinski definition) is 1. The minimum absolute atomic E-state index is 0.217. The van der Waals surface area contributed by atoms with Crippen LogP contribution in [-0.4, -0.2) is 24.6 Å². The third-order valence-electron chi connectivity index (χ3n) is 3.45. The number of nitrogens with zero attached hydrogens (tertiary/aromatic N) is 1. The van der Waals surface area contributed by atoms with Crippen molar-refractivity contribution in [2.75, 3.05) is 12.0 Å². The lowest BCUT2D eigenvalue weighted by molar-refractivity contribution is 0.508. The molecule has 0 aromatic heterocycles. The van der Waals surface area contributed by atoms with E-state index in [9.17, 15) is 12.6 Å². The van der Waals surface area contributed by atoms with Crippen molar-refractivity contribution in [3.8, 4) is 0 Å². The van der Waals surface area contributed by atoms with Gasteiger partial charge in [-0.1, -0.05) is 35.0 Å². The van der Waals surface area contributed by atoms with Crippen LogP contribution in [-0.2, 0) is 26.4 Å². The molecule has 1 aromatic carbocycles. The van der Waals surface area contributed by atoms with Crippen LogP contribution in [0.5, 0.6) is 0 Å². The number of rotatable bonds is 4. The number of aryl methyl sites for hydroxylation is 1. The number of benzene rings is 1. The maximum Gasteiger partial charge on any atom is 0.328 e. The van der Waals surface area contributed by atoms with Crippen LogP contribution >= 0.6 is 0 Å². The first-order valence-corrected chi connectivity index (χ1v) is 10.2. The van der Waals surface area contributed by atoms with Gasteiger partial charge in [-0.15, -0.1) is 0 Å². The summed E-state index contributed by atoms with van der Waals surface area (Å²) in [6, 6.07) is 7.53. The number of fused-ring (bicyclic) bond motifs is 1. The molecular formula is C13H20N2O3S2. The quantitative estimate of drug-likeness (QED) is 0.923. The molecule has 112 valence electrons. The third-order valence-corrected chi connectivity index (χ3v) is 7.15. The zero-order valence-corrected chi connectivity index (χ0v) is 13.3. The Labute approximate surface area is 121 Å². The van der Waals surface area contributed by atoms with Crippen molar-refractivity contribution in [3.63, 3.8) is 0 Å². The first kappa shape index (κ1) is 15.5. The molecule has 1 aliphatic rings. The van der Waals surface area contributed by atoms with E-state index < -0.39 is 19.9 Å². The average Bonchev–Trinajstić information content (AvgIpc) is 2.37. The predicted molar refractivity (Wildman–Crippen MR) is 81.2 cm³/mol. The van der Waals surface area contributed by atoms with Crippen LogP contribution in [0.15, 0.2) is 28.0 Å². The van der Waals surface area contributed by atoms with E-state index in [-0.39, 0.29) is 11.8 Å². The van der Waals surface area contributed by atoms with E-state index in [1.165, 1.54) is 11.8 Å². The summed E-state index contributed by atoms with van der Waals surface area (Å²) < 4.78 is 42.0. The number of hydrogen-bond acceptors (Lipinski definition) is 3. The summed E-state index contributed by atoms with van der Waals surface area (Å²) in [7, 11) is -6.57. The van der Waals surface area contributed by atoms with Gasteiger partial charge in [0.15, 0.2) is 0 Å². The van der Waals surface area contributed by atoms with Crippen molar-refractivity contribution in [2.45, 2.75) is 32.2 Å². The van der Waals surface area contributed by atoms with E-state index in [0.29, 0.717) is 0 Å². The highest BCUT2D eigenvalue weighted by Gasteiger charge is 2.24. The Morgan fingerprint density at radius 2 is 2.00 bits per heavy atom. The second-order valence-corrected chi connectivity index (χ2v) is 9.34. The molecule has 0 bridgehead atoms. The molecule has 0 radical (unpaired) electrons. The van der Waals surface area contributed by atoms with Crippen molar-refractivity contribution in [1.82, 2.24) is 4.72 Å². The molecule has 20 heavy (non-hydrogen) atoms. The molecule has 1 N–H and O–H groups in total. The van der Waals surface area contributed by atoms with Gasteiger partial charge >= 0.3 is 10.2 Å². The van der Waals surface area contributed by atoms with Gasteiger partial charge in [-0.2, -0.15) is 13.1 Å². The normalized spacial score (nSPS) is 21.8. The molecule has 0 spiro atoms. The van der Waals surface area contributed by atoms with Gasteiger partial charge < -0.3 is 0 Å². The lowest BCUT2D eigenvalue weighted by Crippen LogP contribution is -2.30. The second kappa shape index (κ2) is 5.83. The minimum Gasteiger partial charge on any atom is -0.249 e. The monoisotopic (exact) mass is 316 g/mol. The third kappa shape index (κ3) is 3.80. The largest absolute Gasteiger partial charge is 0.328 e. The summed E-state index contributed by atoms with van der Waals surface area (Å²) in [4.78, 5) is 0. The van der Waals surface area contributed by atoms with E-state index in [1.807, 2.05) is 24.3 Å². The molecule has 1 aliphatic carbocycles. The Morgan fingerprint density at radius 1 is 1.30 bits per heavy atom. The zero-order chi connectivity index (χ0) is 14.8. The molecule has 0 amide bonds. The summed E-state index contributed by atoms with van der Waals surface area (Å²) in [5.74, 6) is 0.217. The van der Waals surface area contributed by atoms with Crippen LogP contribution in [0.1, 0.15) is 36.9 Å². The molecule has 2 atom stereocenters. The van der Waals surface area contributed by atoms with E-state index in [4.69, 9.17) is 0 Å². The maximum absolute atomic E-state index is 12.0. The smallest absolute Gasteiger partial charge is 0.249 e. The molecule has 2 rings (SSSR count). The van der Waals surface area contributed by atoms with Crippen molar-refractivity contribution < 1.29 is 12.6 Å². The topological polar surface area (TPSA) is 75.6 Å². The summed E-state index contributed by atoms with van der Waals surface area (Å²) in [6.45, 7) is 1.66. The van der Waals surface area contributed by atoms with Gasteiger partial charge in [-0.25, -0.2) is 4.21 Å². The highest BCUT2D eigenvalue weighted by molar-refractivity contribution is 8.02. The Morgan fingerprint density at radius 3 is 2.70 bits per heavy atom. The van der Waals surface area contributed by atoms with Gasteiger partial charge in [0.25, 0.3) is 0 Å². The van der Waals surface area contributed by atoms with Crippen molar-refractivity contribution in [1.29, 1.82) is 0 Å². The van der Waals surface area contributed by atoms with Crippen molar-refractivity contribution >= 4 is 19.9 Å². The Kier molecular flexibility index (Phi) is 4.51. The summed E-state index contributed by atoms with van der Waals surface area (Å²) in [5.41, 5.74) is 2.16. The SMILES string of the molecule is CC[S@@](C)(=O)=NS(=O)(=O)N[C@H]1CCCc2ccccc21. The number of nitrogens with one attached hydrogen (secondary N) is 1. The maximum atomic E-state index is 12.0. The van der Waals surface area contributed by atoms with E-state index in [1.54, 1.807) is 6.92 Å². The molecule has 5 nitrogen and oxygen atoms in total. The van der Waals surface area contributed by atoms with E-state index in [0.717, 1.165) is 24.8 Å². The first-order chi connectivity index (χ1) is 9.33. The Bertz CT molecular complexity index is 704. The van der Waals surface area contributed by atoms with E-state index >= 15 is 0 Å². The second-order valence-electron chi connectivity index (χ2n) is 5.06. The molecule has 0 saturated carbocycles. The van der Waals surface area contributed by atoms with Crippen LogP contribution < -0.4 is 4.72 Å². The van der Waals surface area contributed by atoms with Gasteiger partial charge in [0.1, 0.15) is 0 Å². The Hall–Kier alpha value is -0.920. The van der Waals surface area contributed by atoms with Crippen molar-refractivity contribution in [3.05, 3.63) is 35.4 Å². The molecule has 0 aliphatic heterocycles. The molecule has 0 unspecified atom stereocenters. The highest BCUT2D eigenvalue weighted by atomic mass is 32.3. The summed E-state index contributed by atoms with van der Waals surface area (Å²) in [6.07, 6.45) is 3.99. The van der Waals surface area contributed by atoms with Gasteiger partial charge in [-0.05, 0) is 30.4 Å². The lowest BCUT2D eigenvalue weighted by atomic mass is 9.88. The van der Waals surface area contributed by atoms with Crippen molar-refractivity contribution in [2.24, 2.45) is 3.77 Å². The molecule has 0 heterocycles. The Balaban J connectivity index is 2.28. The van der Waals surface area contributed by atoms with Crippen LogP contribution in [0.3, 0.4) is 0 Å². The highest BCUT2D eigenvalue weighted by Crippen LogP contribution is 2.30. The fraction of sp³-hybridized carbons (Fsp3) is 0.538. The lowest BCUT2D eigenvalue weighted by Gasteiger charge is -2.25. The molecule has 0 fully saturated rings. The van der Waals surface area contributed by atoms with Crippen LogP contribution in [0.4, 0.5) is 0 Å². The average molecular weight is 316 g/mol.